The average Bonchev–Trinajstić information content (AvgIpc) is 3.37. The molecule has 10 nitrogen and oxygen atoms in total. The molecule has 192 valence electrons. The van der Waals surface area contributed by atoms with Gasteiger partial charge < -0.3 is 23.8 Å². The zero-order valence-corrected chi connectivity index (χ0v) is 20.9. The van der Waals surface area contributed by atoms with Crippen molar-refractivity contribution in [2.45, 2.75) is 25.5 Å². The molecule has 5 rings (SSSR count). The Morgan fingerprint density at radius 3 is 2.54 bits per heavy atom. The summed E-state index contributed by atoms with van der Waals surface area (Å²) in [5.74, 6) is 0.251. The number of carbonyl (C=O) groups is 1. The molecule has 0 radical (unpaired) electrons. The molecule has 3 heterocycles. The summed E-state index contributed by atoms with van der Waals surface area (Å²) in [6.45, 7) is 5.94. The summed E-state index contributed by atoms with van der Waals surface area (Å²) in [6.07, 6.45) is -0.482. The van der Waals surface area contributed by atoms with Crippen molar-refractivity contribution >= 4 is 22.8 Å². The quantitative estimate of drug-likeness (QED) is 0.426. The summed E-state index contributed by atoms with van der Waals surface area (Å²) in [7, 11) is 1.53. The summed E-state index contributed by atoms with van der Waals surface area (Å²) in [6, 6.07) is 15.6. The second-order valence-corrected chi connectivity index (χ2v) is 9.14. The first kappa shape index (κ1) is 24.7. The summed E-state index contributed by atoms with van der Waals surface area (Å²) in [5, 5.41) is 9.96. The standard InChI is InChI=1S/C27H29N5O5/c1-18(16-34-2)37-27(33)20(14-28)25-26(30-22-6-4-3-5-21(22)29-25)32-11-9-31(10-12-32)15-19-7-8-23-24(13-19)36-17-35-23/h3-8,13,18,20H,9-12,15-17H2,1-2H3. The zero-order valence-electron chi connectivity index (χ0n) is 20.9. The number of methoxy groups -OCH3 is 1. The predicted molar refractivity (Wildman–Crippen MR) is 135 cm³/mol. The first-order chi connectivity index (χ1) is 18.1. The second-order valence-electron chi connectivity index (χ2n) is 9.14. The smallest absolute Gasteiger partial charge is 0.330 e. The van der Waals surface area contributed by atoms with Gasteiger partial charge in [0.05, 0.1) is 23.7 Å². The molecule has 1 saturated heterocycles. The van der Waals surface area contributed by atoms with Crippen molar-refractivity contribution in [3.05, 3.63) is 53.7 Å². The predicted octanol–water partition coefficient (Wildman–Crippen LogP) is 2.87. The van der Waals surface area contributed by atoms with Gasteiger partial charge in [0, 0.05) is 39.8 Å². The Hall–Kier alpha value is -3.94. The number of benzene rings is 2. The molecule has 1 fully saturated rings. The molecule has 3 aromatic rings. The minimum atomic E-state index is -1.20. The lowest BCUT2D eigenvalue weighted by atomic mass is 10.1. The molecule has 2 atom stereocenters. The fraction of sp³-hybridized carbons (Fsp3) is 0.407. The van der Waals surface area contributed by atoms with Crippen molar-refractivity contribution in [1.82, 2.24) is 14.9 Å². The topological polar surface area (TPSA) is 110 Å². The van der Waals surface area contributed by atoms with E-state index >= 15 is 0 Å². The van der Waals surface area contributed by atoms with Crippen molar-refractivity contribution in [2.75, 3.05) is 51.6 Å². The van der Waals surface area contributed by atoms with Crippen LogP contribution in [-0.2, 0) is 20.8 Å². The van der Waals surface area contributed by atoms with Gasteiger partial charge in [0.15, 0.2) is 23.2 Å². The maximum Gasteiger partial charge on any atom is 0.330 e. The number of hydrogen-bond donors (Lipinski definition) is 0. The molecule has 1 aromatic heterocycles. The van der Waals surface area contributed by atoms with Gasteiger partial charge in [-0.1, -0.05) is 18.2 Å². The molecule has 10 heteroatoms. The number of para-hydroxylation sites is 2. The number of fused-ring (bicyclic) bond motifs is 2. The highest BCUT2D eigenvalue weighted by atomic mass is 16.7. The first-order valence-corrected chi connectivity index (χ1v) is 12.3. The van der Waals surface area contributed by atoms with E-state index in [1.807, 2.05) is 36.4 Å². The van der Waals surface area contributed by atoms with Crippen LogP contribution >= 0.6 is 0 Å². The zero-order chi connectivity index (χ0) is 25.8. The van der Waals surface area contributed by atoms with E-state index in [4.69, 9.17) is 28.9 Å². The molecule has 2 aliphatic heterocycles. The van der Waals surface area contributed by atoms with Gasteiger partial charge in [0.1, 0.15) is 11.8 Å². The highest BCUT2D eigenvalue weighted by Gasteiger charge is 2.32. The number of nitrogens with zero attached hydrogens (tertiary/aromatic N) is 5. The van der Waals surface area contributed by atoms with Gasteiger partial charge in [-0.25, -0.2) is 9.97 Å². The largest absolute Gasteiger partial charge is 0.459 e. The Kier molecular flexibility index (Phi) is 7.35. The van der Waals surface area contributed by atoms with Crippen LogP contribution in [0.3, 0.4) is 0 Å². The number of esters is 1. The maximum atomic E-state index is 13.0. The van der Waals surface area contributed by atoms with Gasteiger partial charge >= 0.3 is 5.97 Å². The van der Waals surface area contributed by atoms with E-state index < -0.39 is 18.0 Å². The number of anilines is 1. The minimum Gasteiger partial charge on any atom is -0.459 e. The van der Waals surface area contributed by atoms with Crippen LogP contribution in [0.25, 0.3) is 11.0 Å². The molecule has 0 N–H and O–H groups in total. The van der Waals surface area contributed by atoms with E-state index in [-0.39, 0.29) is 13.4 Å². The monoisotopic (exact) mass is 503 g/mol. The van der Waals surface area contributed by atoms with E-state index in [1.54, 1.807) is 6.92 Å². The molecule has 2 aliphatic rings. The van der Waals surface area contributed by atoms with Crippen molar-refractivity contribution < 1.29 is 23.7 Å². The lowest BCUT2D eigenvalue weighted by Crippen LogP contribution is -2.46. The fourth-order valence-electron chi connectivity index (χ4n) is 4.61. The molecule has 0 spiro atoms. The molecule has 2 aromatic carbocycles. The van der Waals surface area contributed by atoms with Crippen LogP contribution in [0.15, 0.2) is 42.5 Å². The average molecular weight is 504 g/mol. The Morgan fingerprint density at radius 1 is 1.08 bits per heavy atom. The lowest BCUT2D eigenvalue weighted by Gasteiger charge is -2.36. The SMILES string of the molecule is COCC(C)OC(=O)C(C#N)c1nc2ccccc2nc1N1CCN(Cc2ccc3c(c2)OCO3)CC1. The third-order valence-corrected chi connectivity index (χ3v) is 6.45. The number of carbonyl (C=O) groups excluding carboxylic acids is 1. The Balaban J connectivity index is 1.35. The van der Waals surface area contributed by atoms with Gasteiger partial charge in [-0.05, 0) is 36.8 Å². The summed E-state index contributed by atoms with van der Waals surface area (Å²) in [4.78, 5) is 27.0. The number of piperazine rings is 1. The molecule has 0 bridgehead atoms. The molecular weight excluding hydrogens is 474 g/mol. The van der Waals surface area contributed by atoms with E-state index in [1.165, 1.54) is 7.11 Å². The molecule has 0 saturated carbocycles. The van der Waals surface area contributed by atoms with Crippen LogP contribution in [0, 0.1) is 11.3 Å². The number of ether oxygens (including phenoxy) is 4. The molecule has 0 amide bonds. The van der Waals surface area contributed by atoms with Gasteiger partial charge in [-0.15, -0.1) is 0 Å². The van der Waals surface area contributed by atoms with Gasteiger partial charge in [-0.2, -0.15) is 5.26 Å². The number of hydrogen-bond acceptors (Lipinski definition) is 10. The van der Waals surface area contributed by atoms with Crippen molar-refractivity contribution in [1.29, 1.82) is 5.26 Å². The van der Waals surface area contributed by atoms with E-state index in [0.29, 0.717) is 35.6 Å². The van der Waals surface area contributed by atoms with Gasteiger partial charge in [0.2, 0.25) is 6.79 Å². The van der Waals surface area contributed by atoms with Gasteiger partial charge in [-0.3, -0.25) is 9.69 Å². The highest BCUT2D eigenvalue weighted by molar-refractivity contribution is 5.85. The van der Waals surface area contributed by atoms with E-state index in [9.17, 15) is 10.1 Å². The molecular formula is C27H29N5O5. The number of nitriles is 1. The number of rotatable bonds is 8. The summed E-state index contributed by atoms with van der Waals surface area (Å²) < 4.78 is 21.4. The highest BCUT2D eigenvalue weighted by Crippen LogP contribution is 2.33. The number of aromatic nitrogens is 2. The second kappa shape index (κ2) is 11.0. The van der Waals surface area contributed by atoms with E-state index in [0.717, 1.165) is 36.7 Å². The maximum absolute atomic E-state index is 13.0. The molecule has 2 unspecified atom stereocenters. The molecule has 37 heavy (non-hydrogen) atoms. The summed E-state index contributed by atoms with van der Waals surface area (Å²) in [5.41, 5.74) is 2.81. The summed E-state index contributed by atoms with van der Waals surface area (Å²) >= 11 is 0. The first-order valence-electron chi connectivity index (χ1n) is 12.3. The normalized spacial score (nSPS) is 16.8. The van der Waals surface area contributed by atoms with Crippen LogP contribution in [0.5, 0.6) is 11.5 Å². The van der Waals surface area contributed by atoms with E-state index in [2.05, 4.69) is 21.9 Å². The van der Waals surface area contributed by atoms with Crippen molar-refractivity contribution in [2.24, 2.45) is 0 Å². The van der Waals surface area contributed by atoms with Crippen molar-refractivity contribution in [3.8, 4) is 17.6 Å². The third kappa shape index (κ3) is 5.43. The van der Waals surface area contributed by atoms with Crippen LogP contribution in [0.4, 0.5) is 5.82 Å². The Morgan fingerprint density at radius 2 is 1.81 bits per heavy atom. The van der Waals surface area contributed by atoms with Crippen LogP contribution in [0.2, 0.25) is 0 Å². The minimum absolute atomic E-state index is 0.242. The van der Waals surface area contributed by atoms with Crippen molar-refractivity contribution in [3.63, 3.8) is 0 Å². The van der Waals surface area contributed by atoms with Crippen LogP contribution in [0.1, 0.15) is 24.1 Å². The third-order valence-electron chi connectivity index (χ3n) is 6.45. The fourth-order valence-corrected chi connectivity index (χ4v) is 4.61. The van der Waals surface area contributed by atoms with Gasteiger partial charge in [0.25, 0.3) is 0 Å². The lowest BCUT2D eigenvalue weighted by molar-refractivity contribution is -0.150. The molecule has 0 aliphatic carbocycles. The Bertz CT molecular complexity index is 1320. The van der Waals surface area contributed by atoms with Crippen LogP contribution in [-0.4, -0.2) is 73.6 Å². The Labute approximate surface area is 215 Å². The van der Waals surface area contributed by atoms with Crippen LogP contribution < -0.4 is 14.4 Å².